The van der Waals surface area contributed by atoms with Crippen LogP contribution in [0.3, 0.4) is 0 Å². The molecule has 1 aromatic rings. The molecular weight excluding hydrogens is 252 g/mol. The molecule has 0 heterocycles. The van der Waals surface area contributed by atoms with E-state index >= 15 is 0 Å². The Labute approximate surface area is 115 Å². The molecule has 1 atom stereocenters. The lowest BCUT2D eigenvalue weighted by Crippen LogP contribution is -2.12. The van der Waals surface area contributed by atoms with Gasteiger partial charge >= 0.3 is 0 Å². The van der Waals surface area contributed by atoms with E-state index in [0.29, 0.717) is 6.54 Å². The van der Waals surface area contributed by atoms with Crippen LogP contribution in [-0.4, -0.2) is 20.8 Å². The molecule has 0 unspecified atom stereocenters. The number of nitrogens with two attached hydrogens (primary N) is 2. The zero-order valence-electron chi connectivity index (χ0n) is 11.0. The maximum atomic E-state index is 6.16. The lowest BCUT2D eigenvalue weighted by atomic mass is 10.0. The van der Waals surface area contributed by atoms with Crippen LogP contribution in [0.1, 0.15) is 30.9 Å². The number of hydrogen-bond donors (Lipinski definition) is 2. The third-order valence-electron chi connectivity index (χ3n) is 2.80. The Kier molecular flexibility index (Phi) is 8.54. The van der Waals surface area contributed by atoms with Crippen molar-refractivity contribution < 1.29 is 9.47 Å². The van der Waals surface area contributed by atoms with Crippen LogP contribution in [0.2, 0.25) is 0 Å². The fourth-order valence-corrected chi connectivity index (χ4v) is 1.87. The van der Waals surface area contributed by atoms with E-state index < -0.39 is 0 Å². The van der Waals surface area contributed by atoms with Gasteiger partial charge in [-0.15, -0.1) is 12.4 Å². The number of benzene rings is 1. The number of ether oxygens (including phenoxy) is 2. The van der Waals surface area contributed by atoms with E-state index in [0.717, 1.165) is 36.3 Å². The Balaban J connectivity index is 0.00000289. The van der Waals surface area contributed by atoms with Crippen molar-refractivity contribution in [2.45, 2.75) is 25.3 Å². The van der Waals surface area contributed by atoms with Gasteiger partial charge in [-0.05, 0) is 25.5 Å². The van der Waals surface area contributed by atoms with Crippen LogP contribution in [0.5, 0.6) is 11.5 Å². The van der Waals surface area contributed by atoms with Gasteiger partial charge in [-0.2, -0.15) is 0 Å². The van der Waals surface area contributed by atoms with E-state index in [4.69, 9.17) is 20.9 Å². The van der Waals surface area contributed by atoms with Crippen molar-refractivity contribution in [3.8, 4) is 11.5 Å². The summed E-state index contributed by atoms with van der Waals surface area (Å²) >= 11 is 0. The molecule has 0 aliphatic rings. The quantitative estimate of drug-likeness (QED) is 0.748. The smallest absolute Gasteiger partial charge is 0.165 e. The minimum Gasteiger partial charge on any atom is -0.493 e. The minimum absolute atomic E-state index is 0. The Morgan fingerprint density at radius 3 is 2.44 bits per heavy atom. The van der Waals surface area contributed by atoms with Gasteiger partial charge in [0.05, 0.1) is 14.2 Å². The Bertz CT molecular complexity index is 348. The van der Waals surface area contributed by atoms with Crippen molar-refractivity contribution in [2.75, 3.05) is 20.8 Å². The average Bonchev–Trinajstić information content (AvgIpc) is 2.37. The van der Waals surface area contributed by atoms with Crippen LogP contribution in [0.4, 0.5) is 0 Å². The Hall–Kier alpha value is -0.970. The molecule has 0 aromatic heterocycles. The molecule has 18 heavy (non-hydrogen) atoms. The van der Waals surface area contributed by atoms with Crippen LogP contribution in [0, 0.1) is 0 Å². The lowest BCUT2D eigenvalue weighted by Gasteiger charge is -2.17. The summed E-state index contributed by atoms with van der Waals surface area (Å²) in [6, 6.07) is 5.75. The summed E-state index contributed by atoms with van der Waals surface area (Å²) in [6.45, 7) is 0.710. The number of rotatable bonds is 7. The van der Waals surface area contributed by atoms with E-state index in [1.54, 1.807) is 14.2 Å². The minimum atomic E-state index is -0.0356. The number of para-hydroxylation sites is 1. The molecule has 0 spiro atoms. The summed E-state index contributed by atoms with van der Waals surface area (Å²) in [7, 11) is 3.26. The van der Waals surface area contributed by atoms with Gasteiger partial charge in [-0.3, -0.25) is 0 Å². The molecular formula is C13H23ClN2O2. The van der Waals surface area contributed by atoms with Crippen molar-refractivity contribution >= 4 is 12.4 Å². The molecule has 1 rings (SSSR count). The van der Waals surface area contributed by atoms with Crippen LogP contribution in [0.15, 0.2) is 18.2 Å². The normalized spacial score (nSPS) is 11.6. The van der Waals surface area contributed by atoms with Crippen LogP contribution in [-0.2, 0) is 0 Å². The van der Waals surface area contributed by atoms with Gasteiger partial charge in [0.15, 0.2) is 11.5 Å². The molecule has 1 aromatic carbocycles. The first-order valence-corrected chi connectivity index (χ1v) is 5.91. The molecule has 0 fully saturated rings. The maximum absolute atomic E-state index is 6.16. The van der Waals surface area contributed by atoms with Crippen LogP contribution >= 0.6 is 12.4 Å². The standard InChI is InChI=1S/C13H22N2O2.ClH/c1-16-12-8-5-6-10(13(12)17-2)11(15)7-3-4-9-14;/h5-6,8,11H,3-4,7,9,14-15H2,1-2H3;1H/t11-;/m1./s1. The molecule has 0 saturated heterocycles. The summed E-state index contributed by atoms with van der Waals surface area (Å²) in [5.74, 6) is 1.45. The highest BCUT2D eigenvalue weighted by molar-refractivity contribution is 5.85. The summed E-state index contributed by atoms with van der Waals surface area (Å²) in [5.41, 5.74) is 12.6. The second-order valence-electron chi connectivity index (χ2n) is 3.97. The van der Waals surface area contributed by atoms with E-state index in [9.17, 15) is 0 Å². The van der Waals surface area contributed by atoms with Gasteiger partial charge in [0.25, 0.3) is 0 Å². The highest BCUT2D eigenvalue weighted by Crippen LogP contribution is 2.35. The third kappa shape index (κ3) is 4.37. The van der Waals surface area contributed by atoms with Crippen molar-refractivity contribution in [3.05, 3.63) is 23.8 Å². The number of halogens is 1. The molecule has 0 aliphatic carbocycles. The second kappa shape index (κ2) is 9.03. The third-order valence-corrected chi connectivity index (χ3v) is 2.80. The van der Waals surface area contributed by atoms with Crippen molar-refractivity contribution in [2.24, 2.45) is 11.5 Å². The van der Waals surface area contributed by atoms with E-state index in [-0.39, 0.29) is 18.4 Å². The van der Waals surface area contributed by atoms with Crippen molar-refractivity contribution in [1.29, 1.82) is 0 Å². The lowest BCUT2D eigenvalue weighted by molar-refractivity contribution is 0.348. The summed E-state index contributed by atoms with van der Waals surface area (Å²) in [5, 5.41) is 0. The second-order valence-corrected chi connectivity index (χ2v) is 3.97. The Morgan fingerprint density at radius 2 is 1.89 bits per heavy atom. The van der Waals surface area contributed by atoms with Gasteiger partial charge in [-0.1, -0.05) is 18.6 Å². The number of unbranched alkanes of at least 4 members (excludes halogenated alkanes) is 1. The molecule has 0 bridgehead atoms. The highest BCUT2D eigenvalue weighted by Gasteiger charge is 2.15. The van der Waals surface area contributed by atoms with Gasteiger partial charge < -0.3 is 20.9 Å². The topological polar surface area (TPSA) is 70.5 Å². The predicted octanol–water partition coefficient (Wildman–Crippen LogP) is 2.25. The summed E-state index contributed by atoms with van der Waals surface area (Å²) in [6.07, 6.45) is 2.93. The first kappa shape index (κ1) is 17.0. The first-order chi connectivity index (χ1) is 8.24. The van der Waals surface area contributed by atoms with Crippen LogP contribution < -0.4 is 20.9 Å². The SMILES string of the molecule is COc1cccc([C@H](N)CCCCN)c1OC.Cl. The molecule has 0 aliphatic heterocycles. The Morgan fingerprint density at radius 1 is 1.17 bits per heavy atom. The fraction of sp³-hybridized carbons (Fsp3) is 0.538. The maximum Gasteiger partial charge on any atom is 0.165 e. The van der Waals surface area contributed by atoms with E-state index in [2.05, 4.69) is 0 Å². The molecule has 4 nitrogen and oxygen atoms in total. The largest absolute Gasteiger partial charge is 0.493 e. The zero-order valence-corrected chi connectivity index (χ0v) is 11.8. The first-order valence-electron chi connectivity index (χ1n) is 5.91. The van der Waals surface area contributed by atoms with E-state index in [1.807, 2.05) is 18.2 Å². The molecule has 0 amide bonds. The summed E-state index contributed by atoms with van der Waals surface area (Å²) in [4.78, 5) is 0. The van der Waals surface area contributed by atoms with Gasteiger partial charge in [-0.25, -0.2) is 0 Å². The van der Waals surface area contributed by atoms with Crippen molar-refractivity contribution in [3.63, 3.8) is 0 Å². The monoisotopic (exact) mass is 274 g/mol. The summed E-state index contributed by atoms with van der Waals surface area (Å²) < 4.78 is 10.6. The van der Waals surface area contributed by atoms with Gasteiger partial charge in [0.1, 0.15) is 0 Å². The van der Waals surface area contributed by atoms with E-state index in [1.165, 1.54) is 0 Å². The predicted molar refractivity (Wildman–Crippen MR) is 76.6 cm³/mol. The van der Waals surface area contributed by atoms with Crippen molar-refractivity contribution in [1.82, 2.24) is 0 Å². The molecule has 0 radical (unpaired) electrons. The van der Waals surface area contributed by atoms with Gasteiger partial charge in [0.2, 0.25) is 0 Å². The highest BCUT2D eigenvalue weighted by atomic mass is 35.5. The van der Waals surface area contributed by atoms with Crippen LogP contribution in [0.25, 0.3) is 0 Å². The molecule has 104 valence electrons. The fourth-order valence-electron chi connectivity index (χ4n) is 1.87. The average molecular weight is 275 g/mol. The number of methoxy groups -OCH3 is 2. The molecule has 0 saturated carbocycles. The van der Waals surface area contributed by atoms with Gasteiger partial charge in [0, 0.05) is 11.6 Å². The zero-order chi connectivity index (χ0) is 12.7. The molecule has 5 heteroatoms. The molecule has 4 N–H and O–H groups in total. The number of hydrogen-bond acceptors (Lipinski definition) is 4.